The van der Waals surface area contributed by atoms with E-state index in [1.165, 1.54) is 41.9 Å². The molecule has 3 atom stereocenters. The average Bonchev–Trinajstić information content (AvgIpc) is 3.37. The number of carbonyl (C=O) groups is 2. The molecule has 33 heavy (non-hydrogen) atoms. The van der Waals surface area contributed by atoms with Crippen LogP contribution in [0.3, 0.4) is 0 Å². The molecule has 1 amide bonds. The molecular formula is C24H31N5O4. The highest BCUT2D eigenvalue weighted by atomic mass is 16.5. The molecule has 2 bridgehead atoms. The molecule has 0 aliphatic carbocycles. The van der Waals surface area contributed by atoms with Crippen LogP contribution in [0.25, 0.3) is 0 Å². The van der Waals surface area contributed by atoms with E-state index >= 15 is 0 Å². The molecular weight excluding hydrogens is 422 g/mol. The quantitative estimate of drug-likeness (QED) is 0.760. The molecule has 3 saturated heterocycles. The van der Waals surface area contributed by atoms with Crippen molar-refractivity contribution in [2.75, 3.05) is 37.7 Å². The van der Waals surface area contributed by atoms with E-state index in [1.807, 2.05) is 6.92 Å². The summed E-state index contributed by atoms with van der Waals surface area (Å²) in [6.07, 6.45) is 3.79. The van der Waals surface area contributed by atoms with Crippen molar-refractivity contribution in [2.45, 2.75) is 51.4 Å². The minimum atomic E-state index is -1.14. The Bertz CT molecular complexity index is 1040. The first-order valence-electron chi connectivity index (χ1n) is 11.7. The number of ether oxygens (including phenoxy) is 1. The number of carbonyl (C=O) groups excluding carboxylic acids is 1. The third kappa shape index (κ3) is 4.22. The predicted octanol–water partition coefficient (Wildman–Crippen LogP) is 2.43. The van der Waals surface area contributed by atoms with Crippen LogP contribution >= 0.6 is 0 Å². The van der Waals surface area contributed by atoms with E-state index in [0.29, 0.717) is 18.6 Å². The Morgan fingerprint density at radius 1 is 1.15 bits per heavy atom. The third-order valence-electron chi connectivity index (χ3n) is 7.11. The van der Waals surface area contributed by atoms with E-state index in [9.17, 15) is 9.59 Å². The van der Waals surface area contributed by atoms with Crippen molar-refractivity contribution < 1.29 is 19.4 Å². The zero-order chi connectivity index (χ0) is 23.1. The normalized spacial score (nSPS) is 25.5. The minimum Gasteiger partial charge on any atom is -0.476 e. The Morgan fingerprint density at radius 2 is 1.91 bits per heavy atom. The molecule has 2 unspecified atom stereocenters. The van der Waals surface area contributed by atoms with Gasteiger partial charge in [0.05, 0.1) is 25.3 Å². The lowest BCUT2D eigenvalue weighted by Gasteiger charge is -2.41. The van der Waals surface area contributed by atoms with Crippen LogP contribution in [0.15, 0.2) is 30.5 Å². The van der Waals surface area contributed by atoms with Crippen molar-refractivity contribution in [3.8, 4) is 0 Å². The van der Waals surface area contributed by atoms with Gasteiger partial charge in [-0.05, 0) is 49.9 Å². The first kappa shape index (κ1) is 21.9. The van der Waals surface area contributed by atoms with Crippen molar-refractivity contribution in [1.82, 2.24) is 19.6 Å². The van der Waals surface area contributed by atoms with Gasteiger partial charge in [0, 0.05) is 44.1 Å². The highest BCUT2D eigenvalue weighted by Crippen LogP contribution is 2.37. The number of nitrogens with zero attached hydrogens (tertiary/aromatic N) is 5. The maximum absolute atomic E-state index is 12.9. The molecule has 1 aromatic carbocycles. The van der Waals surface area contributed by atoms with Crippen LogP contribution in [0, 0.1) is 6.92 Å². The number of aromatic carboxylic acids is 1. The molecule has 0 saturated carbocycles. The van der Waals surface area contributed by atoms with Crippen molar-refractivity contribution in [1.29, 1.82) is 0 Å². The first-order chi connectivity index (χ1) is 15.9. The van der Waals surface area contributed by atoms with E-state index < -0.39 is 5.97 Å². The molecule has 5 rings (SSSR count). The summed E-state index contributed by atoms with van der Waals surface area (Å²) < 4.78 is 6.93. The minimum absolute atomic E-state index is 0.00260. The maximum atomic E-state index is 12.9. The van der Waals surface area contributed by atoms with Crippen LogP contribution in [0.5, 0.6) is 0 Å². The van der Waals surface area contributed by atoms with E-state index in [2.05, 4.69) is 40.0 Å². The van der Waals surface area contributed by atoms with Crippen molar-refractivity contribution >= 4 is 17.7 Å². The van der Waals surface area contributed by atoms with Crippen molar-refractivity contribution in [2.24, 2.45) is 0 Å². The van der Waals surface area contributed by atoms with E-state index in [1.54, 1.807) is 4.90 Å². The summed E-state index contributed by atoms with van der Waals surface area (Å²) in [4.78, 5) is 30.7. The summed E-state index contributed by atoms with van der Waals surface area (Å²) in [5.41, 5.74) is 3.79. The van der Waals surface area contributed by atoms with Gasteiger partial charge in [0.25, 0.3) is 0 Å². The monoisotopic (exact) mass is 453 g/mol. The van der Waals surface area contributed by atoms with Crippen LogP contribution in [-0.2, 0) is 11.3 Å². The third-order valence-corrected chi connectivity index (χ3v) is 7.11. The number of carboxylic acid groups (broad SMARTS) is 1. The fourth-order valence-corrected chi connectivity index (χ4v) is 5.45. The lowest BCUT2D eigenvalue weighted by Crippen LogP contribution is -2.54. The molecule has 3 aliphatic heterocycles. The fraction of sp³-hybridized carbons (Fsp3) is 0.542. The molecule has 4 heterocycles. The summed E-state index contributed by atoms with van der Waals surface area (Å²) >= 11 is 0. The summed E-state index contributed by atoms with van der Waals surface area (Å²) in [7, 11) is 0. The number of fused-ring (bicyclic) bond motifs is 2. The van der Waals surface area contributed by atoms with Gasteiger partial charge >= 0.3 is 12.0 Å². The summed E-state index contributed by atoms with van der Waals surface area (Å²) in [6, 6.07) is 8.73. The van der Waals surface area contributed by atoms with Crippen LogP contribution < -0.4 is 4.90 Å². The molecule has 0 radical (unpaired) electrons. The van der Waals surface area contributed by atoms with Gasteiger partial charge in [-0.2, -0.15) is 9.78 Å². The van der Waals surface area contributed by atoms with E-state index in [4.69, 9.17) is 9.84 Å². The summed E-state index contributed by atoms with van der Waals surface area (Å²) in [5, 5.41) is 13.0. The highest BCUT2D eigenvalue weighted by Gasteiger charge is 2.38. The first-order valence-corrected chi connectivity index (χ1v) is 11.7. The molecule has 3 aliphatic rings. The van der Waals surface area contributed by atoms with Gasteiger partial charge in [-0.25, -0.2) is 9.59 Å². The lowest BCUT2D eigenvalue weighted by atomic mass is 10.0. The highest BCUT2D eigenvalue weighted by molar-refractivity contribution is 5.86. The number of carboxylic acids is 1. The molecule has 1 N–H and O–H groups in total. The largest absolute Gasteiger partial charge is 0.476 e. The molecule has 1 aromatic heterocycles. The maximum Gasteiger partial charge on any atom is 0.356 e. The van der Waals surface area contributed by atoms with Gasteiger partial charge in [-0.1, -0.05) is 12.1 Å². The number of aryl methyl sites for hydroxylation is 1. The number of benzene rings is 1. The number of anilines is 1. The van der Waals surface area contributed by atoms with Crippen molar-refractivity contribution in [3.63, 3.8) is 0 Å². The van der Waals surface area contributed by atoms with Gasteiger partial charge in [-0.3, -0.25) is 4.90 Å². The molecule has 176 valence electrons. The van der Waals surface area contributed by atoms with E-state index in [0.717, 1.165) is 37.5 Å². The molecule has 0 spiro atoms. The number of hydrogen-bond acceptors (Lipinski definition) is 6. The van der Waals surface area contributed by atoms with Gasteiger partial charge in [0.2, 0.25) is 0 Å². The van der Waals surface area contributed by atoms with Crippen LogP contribution in [0.4, 0.5) is 10.5 Å². The number of amides is 1. The van der Waals surface area contributed by atoms with Gasteiger partial charge in [-0.15, -0.1) is 0 Å². The van der Waals surface area contributed by atoms with Gasteiger partial charge in [0.1, 0.15) is 0 Å². The van der Waals surface area contributed by atoms with Crippen LogP contribution in [0.1, 0.15) is 41.4 Å². The fourth-order valence-electron chi connectivity index (χ4n) is 5.45. The standard InChI is InChI=1S/C24H31N5O4/c1-16-3-4-18(22(11-16)29-19-5-6-20(29)15-33-14-19)13-26-9-10-27(17(2)12-26)24(32)28-8-7-21(25-28)23(30)31/h3-4,7-8,11,17,19-20H,5-6,9-10,12-15H2,1-2H3,(H,30,31)/t17-,19?,20?/m0/s1. The smallest absolute Gasteiger partial charge is 0.356 e. The van der Waals surface area contributed by atoms with Crippen molar-refractivity contribution in [3.05, 3.63) is 47.3 Å². The second-order valence-electron chi connectivity index (χ2n) is 9.47. The molecule has 3 fully saturated rings. The molecule has 2 aromatic rings. The number of hydrogen-bond donors (Lipinski definition) is 1. The van der Waals surface area contributed by atoms with Crippen LogP contribution in [-0.4, -0.2) is 87.7 Å². The number of morpholine rings is 1. The topological polar surface area (TPSA) is 91.1 Å². The predicted molar refractivity (Wildman–Crippen MR) is 123 cm³/mol. The second-order valence-corrected chi connectivity index (χ2v) is 9.47. The Labute approximate surface area is 193 Å². The summed E-state index contributed by atoms with van der Waals surface area (Å²) in [5.74, 6) is -1.14. The molecule has 9 heteroatoms. The lowest BCUT2D eigenvalue weighted by molar-refractivity contribution is 0.0689. The van der Waals surface area contributed by atoms with Gasteiger partial charge in [0.15, 0.2) is 5.69 Å². The molecule has 9 nitrogen and oxygen atoms in total. The summed E-state index contributed by atoms with van der Waals surface area (Å²) in [6.45, 7) is 8.71. The van der Waals surface area contributed by atoms with E-state index in [-0.39, 0.29) is 17.8 Å². The zero-order valence-electron chi connectivity index (χ0n) is 19.2. The Balaban J connectivity index is 1.28. The number of piperazine rings is 1. The Kier molecular flexibility index (Phi) is 5.84. The Hall–Kier alpha value is -2.91. The average molecular weight is 454 g/mol. The van der Waals surface area contributed by atoms with Gasteiger partial charge < -0.3 is 19.6 Å². The SMILES string of the molecule is Cc1ccc(CN2CCN(C(=O)n3ccc(C(=O)O)n3)[C@@H](C)C2)c(N2C3CCC2COC3)c1. The zero-order valence-corrected chi connectivity index (χ0v) is 19.2. The number of aromatic nitrogens is 2. The number of rotatable bonds is 4. The Morgan fingerprint density at radius 3 is 2.58 bits per heavy atom. The second kappa shape index (κ2) is 8.79. The van der Waals surface area contributed by atoms with Crippen LogP contribution in [0.2, 0.25) is 0 Å².